The number of nitrogens with one attached hydrogen (secondary N) is 1. The molecule has 0 radical (unpaired) electrons. The van der Waals surface area contributed by atoms with Gasteiger partial charge < -0.3 is 5.32 Å². The van der Waals surface area contributed by atoms with Gasteiger partial charge in [0.25, 0.3) is 0 Å². The Hall–Kier alpha value is -0.840. The van der Waals surface area contributed by atoms with Crippen LogP contribution in [0.15, 0.2) is 11.5 Å². The Morgan fingerprint density at radius 3 is 2.68 bits per heavy atom. The Morgan fingerprint density at radius 1 is 1.37 bits per heavy atom. The highest BCUT2D eigenvalue weighted by Crippen LogP contribution is 2.31. The van der Waals surface area contributed by atoms with Crippen LogP contribution in [0.3, 0.4) is 0 Å². The van der Waals surface area contributed by atoms with Crippen molar-refractivity contribution in [3.8, 4) is 0 Å². The zero-order valence-electron chi connectivity index (χ0n) is 11.6. The van der Waals surface area contributed by atoms with Crippen molar-refractivity contribution in [2.24, 2.45) is 17.8 Å². The monoisotopic (exact) mass is 285 g/mol. The van der Waals surface area contributed by atoms with E-state index in [0.717, 1.165) is 6.42 Å². The van der Waals surface area contributed by atoms with E-state index in [1.54, 1.807) is 6.08 Å². The summed E-state index contributed by atoms with van der Waals surface area (Å²) in [6.45, 7) is 4.39. The van der Waals surface area contributed by atoms with Crippen molar-refractivity contribution in [3.63, 3.8) is 0 Å². The van der Waals surface area contributed by atoms with Crippen molar-refractivity contribution >= 4 is 15.7 Å². The molecule has 0 aromatic rings. The van der Waals surface area contributed by atoms with Crippen LogP contribution >= 0.6 is 0 Å². The fraction of sp³-hybridized carbons (Fsp3) is 0.786. The number of hydrogen-bond acceptors (Lipinski definition) is 3. The van der Waals surface area contributed by atoms with Crippen molar-refractivity contribution in [1.82, 2.24) is 5.32 Å². The number of carbonyl (C=O) groups is 1. The van der Waals surface area contributed by atoms with Crippen molar-refractivity contribution < 1.29 is 13.2 Å². The lowest BCUT2D eigenvalue weighted by molar-refractivity contribution is -0.122. The molecule has 0 spiro atoms. The normalized spacial score (nSPS) is 32.9. The van der Waals surface area contributed by atoms with Gasteiger partial charge in [-0.2, -0.15) is 0 Å². The number of allylic oxidation sites excluding steroid dienone is 1. The van der Waals surface area contributed by atoms with Gasteiger partial charge in [0, 0.05) is 23.8 Å². The third-order valence-electron chi connectivity index (χ3n) is 4.22. The molecule has 0 aromatic carbocycles. The highest BCUT2D eigenvalue weighted by Gasteiger charge is 2.31. The first kappa shape index (κ1) is 14.6. The second kappa shape index (κ2) is 5.65. The molecular weight excluding hydrogens is 262 g/mol. The molecule has 1 unspecified atom stereocenters. The van der Waals surface area contributed by atoms with Crippen LogP contribution in [0.5, 0.6) is 0 Å². The molecular formula is C14H23NO3S. The van der Waals surface area contributed by atoms with E-state index in [-0.39, 0.29) is 30.0 Å². The first-order valence-electron chi connectivity index (χ1n) is 7.08. The topological polar surface area (TPSA) is 63.2 Å². The molecule has 1 aliphatic heterocycles. The third kappa shape index (κ3) is 3.81. The lowest BCUT2D eigenvalue weighted by Gasteiger charge is -2.24. The molecule has 1 N–H and O–H groups in total. The van der Waals surface area contributed by atoms with Gasteiger partial charge in [0.15, 0.2) is 9.84 Å². The Bertz CT molecular complexity index is 467. The van der Waals surface area contributed by atoms with Gasteiger partial charge in [-0.25, -0.2) is 8.42 Å². The van der Waals surface area contributed by atoms with Gasteiger partial charge in [-0.3, -0.25) is 4.79 Å². The predicted molar refractivity (Wildman–Crippen MR) is 75.1 cm³/mol. The first-order valence-corrected chi connectivity index (χ1v) is 8.79. The van der Waals surface area contributed by atoms with Crippen LogP contribution in [0.2, 0.25) is 0 Å². The van der Waals surface area contributed by atoms with E-state index >= 15 is 0 Å². The molecule has 4 nitrogen and oxygen atoms in total. The van der Waals surface area contributed by atoms with Crippen LogP contribution in [-0.4, -0.2) is 26.1 Å². The van der Waals surface area contributed by atoms with Gasteiger partial charge in [0.1, 0.15) is 0 Å². The predicted octanol–water partition coefficient (Wildman–Crippen LogP) is 1.88. The van der Waals surface area contributed by atoms with Crippen molar-refractivity contribution in [3.05, 3.63) is 11.5 Å². The van der Waals surface area contributed by atoms with Crippen LogP contribution in [0.1, 0.15) is 39.5 Å². The van der Waals surface area contributed by atoms with Gasteiger partial charge in [-0.15, -0.1) is 0 Å². The maximum Gasteiger partial charge on any atom is 0.220 e. The number of carbonyl (C=O) groups excluding carboxylic acids is 1. The minimum Gasteiger partial charge on any atom is -0.353 e. The molecule has 3 atom stereocenters. The fourth-order valence-corrected chi connectivity index (χ4v) is 4.64. The third-order valence-corrected chi connectivity index (χ3v) is 5.69. The van der Waals surface area contributed by atoms with E-state index < -0.39 is 9.84 Å². The summed E-state index contributed by atoms with van der Waals surface area (Å²) in [6.07, 6.45) is 5.33. The van der Waals surface area contributed by atoms with Crippen LogP contribution in [0.4, 0.5) is 0 Å². The minimum atomic E-state index is -3.05. The minimum absolute atomic E-state index is 0.00991. The summed E-state index contributed by atoms with van der Waals surface area (Å²) in [5.41, 5.74) is 0. The molecule has 5 heteroatoms. The van der Waals surface area contributed by atoms with Gasteiger partial charge >= 0.3 is 0 Å². The largest absolute Gasteiger partial charge is 0.353 e. The second-order valence-corrected chi connectivity index (χ2v) is 8.07. The lowest BCUT2D eigenvalue weighted by Crippen LogP contribution is -2.39. The summed E-state index contributed by atoms with van der Waals surface area (Å²) >= 11 is 0. The molecule has 1 fully saturated rings. The summed E-state index contributed by atoms with van der Waals surface area (Å²) < 4.78 is 22.6. The molecule has 2 aliphatic rings. The Kier molecular flexibility index (Phi) is 4.33. The van der Waals surface area contributed by atoms with E-state index in [4.69, 9.17) is 0 Å². The standard InChI is InChI=1S/C14H23NO3S/c1-10(2)12-4-3-5-13(12)15-14(16)8-11-6-7-19(17,18)9-11/h6-7,10-13H,3-5,8-9H2,1-2H3,(H,15,16)/t11?,12-,13+/m0/s1. The zero-order chi connectivity index (χ0) is 14.0. The Morgan fingerprint density at radius 2 is 2.11 bits per heavy atom. The molecule has 1 aliphatic carbocycles. The number of amides is 1. The Labute approximate surface area is 115 Å². The molecule has 19 heavy (non-hydrogen) atoms. The number of sulfone groups is 1. The van der Waals surface area contributed by atoms with Gasteiger partial charge in [-0.1, -0.05) is 26.3 Å². The summed E-state index contributed by atoms with van der Waals surface area (Å²) in [5, 5.41) is 4.33. The highest BCUT2D eigenvalue weighted by atomic mass is 32.2. The molecule has 2 rings (SSSR count). The van der Waals surface area contributed by atoms with Crippen molar-refractivity contribution in [1.29, 1.82) is 0 Å². The van der Waals surface area contributed by atoms with Crippen LogP contribution < -0.4 is 5.32 Å². The van der Waals surface area contributed by atoms with E-state index in [1.165, 1.54) is 18.2 Å². The molecule has 1 saturated carbocycles. The van der Waals surface area contributed by atoms with Crippen molar-refractivity contribution in [2.45, 2.75) is 45.6 Å². The summed E-state index contributed by atoms with van der Waals surface area (Å²) in [7, 11) is -3.05. The van der Waals surface area contributed by atoms with E-state index in [1.807, 2.05) is 0 Å². The molecule has 0 bridgehead atoms. The summed E-state index contributed by atoms with van der Waals surface area (Å²) in [6, 6.07) is 0.273. The molecule has 1 heterocycles. The maximum absolute atomic E-state index is 12.0. The van der Waals surface area contributed by atoms with Crippen LogP contribution in [-0.2, 0) is 14.6 Å². The van der Waals surface area contributed by atoms with Crippen molar-refractivity contribution in [2.75, 3.05) is 5.75 Å². The average molecular weight is 285 g/mol. The lowest BCUT2D eigenvalue weighted by atomic mass is 9.91. The summed E-state index contributed by atoms with van der Waals surface area (Å²) in [4.78, 5) is 12.0. The van der Waals surface area contributed by atoms with E-state index in [0.29, 0.717) is 11.8 Å². The SMILES string of the molecule is CC(C)[C@@H]1CCC[C@H]1NC(=O)CC1C=CS(=O)(=O)C1. The second-order valence-electron chi connectivity index (χ2n) is 6.14. The van der Waals surface area contributed by atoms with Crippen LogP contribution in [0, 0.1) is 17.8 Å². The van der Waals surface area contributed by atoms with Gasteiger partial charge in [0.05, 0.1) is 5.75 Å². The smallest absolute Gasteiger partial charge is 0.220 e. The highest BCUT2D eigenvalue weighted by molar-refractivity contribution is 7.94. The molecule has 1 amide bonds. The molecule has 0 aromatic heterocycles. The van der Waals surface area contributed by atoms with E-state index in [9.17, 15) is 13.2 Å². The quantitative estimate of drug-likeness (QED) is 0.857. The number of rotatable bonds is 4. The average Bonchev–Trinajstić information content (AvgIpc) is 2.85. The maximum atomic E-state index is 12.0. The first-order chi connectivity index (χ1) is 8.87. The summed E-state index contributed by atoms with van der Waals surface area (Å²) in [5.74, 6) is 1.07. The number of hydrogen-bond donors (Lipinski definition) is 1. The fourth-order valence-electron chi connectivity index (χ4n) is 3.24. The zero-order valence-corrected chi connectivity index (χ0v) is 12.4. The Balaban J connectivity index is 1.84. The molecule has 108 valence electrons. The van der Waals surface area contributed by atoms with E-state index in [2.05, 4.69) is 19.2 Å². The van der Waals surface area contributed by atoms with Crippen LogP contribution in [0.25, 0.3) is 0 Å². The van der Waals surface area contributed by atoms with Gasteiger partial charge in [0.2, 0.25) is 5.91 Å². The molecule has 0 saturated heterocycles. The van der Waals surface area contributed by atoms with Gasteiger partial charge in [-0.05, 0) is 24.7 Å².